The van der Waals surface area contributed by atoms with Crippen molar-refractivity contribution in [3.8, 4) is 0 Å². The zero-order chi connectivity index (χ0) is 11.0. The minimum absolute atomic E-state index is 0.674. The monoisotopic (exact) mass is 218 g/mol. The van der Waals surface area contributed by atoms with E-state index in [1.807, 2.05) is 12.1 Å². The average Bonchev–Trinajstić information content (AvgIpc) is 3.18. The number of pyridine rings is 1. The Labute approximate surface area is 95.6 Å². The van der Waals surface area contributed by atoms with Crippen LogP contribution in [0.4, 0.5) is 11.5 Å². The Morgan fingerprint density at radius 3 is 2.50 bits per heavy atom. The van der Waals surface area contributed by atoms with Crippen molar-refractivity contribution < 1.29 is 0 Å². The first-order valence-electron chi connectivity index (χ1n) is 6.06. The second kappa shape index (κ2) is 3.94. The van der Waals surface area contributed by atoms with E-state index in [9.17, 15) is 0 Å². The summed E-state index contributed by atoms with van der Waals surface area (Å²) in [5.74, 6) is 7.87. The lowest BCUT2D eigenvalue weighted by Gasteiger charge is -2.19. The number of nitrogen functional groups attached to an aromatic ring is 1. The minimum Gasteiger partial charge on any atom is -0.382 e. The highest BCUT2D eigenvalue weighted by atomic mass is 15.2. The first-order chi connectivity index (χ1) is 7.86. The van der Waals surface area contributed by atoms with Crippen LogP contribution in [0.5, 0.6) is 0 Å². The molecule has 4 nitrogen and oxygen atoms in total. The van der Waals surface area contributed by atoms with Gasteiger partial charge in [-0.25, -0.2) is 10.8 Å². The molecule has 0 spiro atoms. The van der Waals surface area contributed by atoms with Gasteiger partial charge in [-0.05, 0) is 43.6 Å². The van der Waals surface area contributed by atoms with Crippen molar-refractivity contribution in [1.82, 2.24) is 4.98 Å². The van der Waals surface area contributed by atoms with Gasteiger partial charge in [0.25, 0.3) is 0 Å². The number of hydrazine groups is 1. The van der Waals surface area contributed by atoms with Gasteiger partial charge in [0.1, 0.15) is 5.82 Å². The number of aromatic nitrogens is 1. The van der Waals surface area contributed by atoms with Crippen LogP contribution in [0.15, 0.2) is 18.3 Å². The van der Waals surface area contributed by atoms with Gasteiger partial charge in [0.05, 0.1) is 0 Å². The molecule has 3 rings (SSSR count). The molecule has 16 heavy (non-hydrogen) atoms. The maximum Gasteiger partial charge on any atom is 0.141 e. The Kier molecular flexibility index (Phi) is 2.44. The van der Waals surface area contributed by atoms with E-state index in [0.717, 1.165) is 23.3 Å². The lowest BCUT2D eigenvalue weighted by atomic mass is 10.1. The zero-order valence-electron chi connectivity index (χ0n) is 9.32. The molecule has 1 heterocycles. The summed E-state index contributed by atoms with van der Waals surface area (Å²) in [6, 6.07) is 4.66. The van der Waals surface area contributed by atoms with Crippen molar-refractivity contribution in [2.24, 2.45) is 17.7 Å². The molecule has 0 saturated heterocycles. The molecule has 1 aromatic heterocycles. The lowest BCUT2D eigenvalue weighted by Crippen LogP contribution is -2.24. The van der Waals surface area contributed by atoms with Gasteiger partial charge < -0.3 is 10.7 Å². The van der Waals surface area contributed by atoms with Gasteiger partial charge in [-0.15, -0.1) is 0 Å². The maximum atomic E-state index is 5.35. The van der Waals surface area contributed by atoms with Gasteiger partial charge in [-0.1, -0.05) is 0 Å². The van der Waals surface area contributed by atoms with Gasteiger partial charge in [0.15, 0.2) is 0 Å². The third-order valence-corrected chi connectivity index (χ3v) is 3.50. The smallest absolute Gasteiger partial charge is 0.141 e. The van der Waals surface area contributed by atoms with Crippen LogP contribution in [0, 0.1) is 11.8 Å². The fourth-order valence-electron chi connectivity index (χ4n) is 2.32. The molecule has 4 N–H and O–H groups in total. The Balaban J connectivity index is 1.70. The fraction of sp³-hybridized carbons (Fsp3) is 0.583. The minimum atomic E-state index is 0.674. The van der Waals surface area contributed by atoms with Crippen LogP contribution >= 0.6 is 0 Å². The molecule has 86 valence electrons. The molecule has 0 amide bonds. The molecular formula is C12H18N4. The SMILES string of the molecule is NNc1cc(NC(C2CC2)C2CC2)ccn1. The number of anilines is 2. The normalized spacial score (nSPS) is 19.9. The van der Waals surface area contributed by atoms with Crippen LogP contribution in [0.3, 0.4) is 0 Å². The predicted octanol–water partition coefficient (Wildman–Crippen LogP) is 1.97. The van der Waals surface area contributed by atoms with Gasteiger partial charge in [0.2, 0.25) is 0 Å². The van der Waals surface area contributed by atoms with Gasteiger partial charge in [0, 0.05) is 24.0 Å². The Hall–Kier alpha value is -1.29. The number of nitrogens with two attached hydrogens (primary N) is 1. The second-order valence-corrected chi connectivity index (χ2v) is 4.92. The molecule has 0 atom stereocenters. The molecule has 1 aromatic rings. The zero-order valence-corrected chi connectivity index (χ0v) is 9.32. The Morgan fingerprint density at radius 1 is 1.25 bits per heavy atom. The second-order valence-electron chi connectivity index (χ2n) is 4.92. The van der Waals surface area contributed by atoms with Crippen molar-refractivity contribution in [2.75, 3.05) is 10.7 Å². The van der Waals surface area contributed by atoms with Crippen molar-refractivity contribution in [2.45, 2.75) is 31.7 Å². The summed E-state index contributed by atoms with van der Waals surface area (Å²) in [6.45, 7) is 0. The number of nitrogens with one attached hydrogen (secondary N) is 2. The third kappa shape index (κ3) is 2.11. The summed E-state index contributed by atoms with van der Waals surface area (Å²) < 4.78 is 0. The van der Waals surface area contributed by atoms with E-state index in [4.69, 9.17) is 5.84 Å². The van der Waals surface area contributed by atoms with Crippen molar-refractivity contribution in [3.63, 3.8) is 0 Å². The van der Waals surface area contributed by atoms with Crippen molar-refractivity contribution in [3.05, 3.63) is 18.3 Å². The molecule has 2 aliphatic carbocycles. The molecule has 2 aliphatic rings. The van der Waals surface area contributed by atoms with E-state index in [0.29, 0.717) is 6.04 Å². The topological polar surface area (TPSA) is 63.0 Å². The van der Waals surface area contributed by atoms with Crippen LogP contribution in [0.1, 0.15) is 25.7 Å². The van der Waals surface area contributed by atoms with E-state index in [2.05, 4.69) is 15.7 Å². The number of rotatable bonds is 5. The average molecular weight is 218 g/mol. The first kappa shape index (κ1) is 9.90. The van der Waals surface area contributed by atoms with Gasteiger partial charge >= 0.3 is 0 Å². The van der Waals surface area contributed by atoms with E-state index in [1.54, 1.807) is 6.20 Å². The Bertz CT molecular complexity index is 359. The molecule has 2 saturated carbocycles. The molecule has 4 heteroatoms. The van der Waals surface area contributed by atoms with E-state index in [-0.39, 0.29) is 0 Å². The highest BCUT2D eigenvalue weighted by molar-refractivity contribution is 5.52. The largest absolute Gasteiger partial charge is 0.382 e. The summed E-state index contributed by atoms with van der Waals surface area (Å²) in [4.78, 5) is 4.11. The highest BCUT2D eigenvalue weighted by Crippen LogP contribution is 2.45. The quantitative estimate of drug-likeness (QED) is 0.522. The highest BCUT2D eigenvalue weighted by Gasteiger charge is 2.41. The number of nitrogens with zero attached hydrogens (tertiary/aromatic N) is 1. The molecule has 0 aliphatic heterocycles. The van der Waals surface area contributed by atoms with Crippen LogP contribution in [0.2, 0.25) is 0 Å². The molecule has 0 bridgehead atoms. The number of hydrogen-bond acceptors (Lipinski definition) is 4. The van der Waals surface area contributed by atoms with E-state index in [1.165, 1.54) is 25.7 Å². The van der Waals surface area contributed by atoms with Crippen LogP contribution in [0.25, 0.3) is 0 Å². The first-order valence-corrected chi connectivity index (χ1v) is 6.06. The van der Waals surface area contributed by atoms with E-state index >= 15 is 0 Å². The van der Waals surface area contributed by atoms with Crippen molar-refractivity contribution >= 4 is 11.5 Å². The molecule has 0 unspecified atom stereocenters. The molecule has 0 radical (unpaired) electrons. The standard InChI is InChI=1S/C12H18N4/c13-16-11-7-10(5-6-14-11)15-12(8-1-2-8)9-3-4-9/h5-9,12H,1-4,13H2,(H2,14,15,16). The summed E-state index contributed by atoms with van der Waals surface area (Å²) in [7, 11) is 0. The summed E-state index contributed by atoms with van der Waals surface area (Å²) in [5, 5.41) is 3.64. The van der Waals surface area contributed by atoms with Crippen LogP contribution in [-0.4, -0.2) is 11.0 Å². The van der Waals surface area contributed by atoms with E-state index < -0.39 is 0 Å². The summed E-state index contributed by atoms with van der Waals surface area (Å²) in [5.41, 5.74) is 3.71. The molecule has 0 aromatic carbocycles. The fourth-order valence-corrected chi connectivity index (χ4v) is 2.32. The maximum absolute atomic E-state index is 5.35. The van der Waals surface area contributed by atoms with Gasteiger partial charge in [-0.2, -0.15) is 0 Å². The predicted molar refractivity (Wildman–Crippen MR) is 64.9 cm³/mol. The summed E-state index contributed by atoms with van der Waals surface area (Å²) in [6.07, 6.45) is 7.35. The number of hydrogen-bond donors (Lipinski definition) is 3. The lowest BCUT2D eigenvalue weighted by molar-refractivity contribution is 0.568. The van der Waals surface area contributed by atoms with Crippen molar-refractivity contribution in [1.29, 1.82) is 0 Å². The van der Waals surface area contributed by atoms with Crippen LogP contribution < -0.4 is 16.6 Å². The molecular weight excluding hydrogens is 200 g/mol. The van der Waals surface area contributed by atoms with Crippen LogP contribution in [-0.2, 0) is 0 Å². The molecule has 2 fully saturated rings. The summed E-state index contributed by atoms with van der Waals surface area (Å²) >= 11 is 0. The Morgan fingerprint density at radius 2 is 1.94 bits per heavy atom. The van der Waals surface area contributed by atoms with Gasteiger partial charge in [-0.3, -0.25) is 0 Å². The third-order valence-electron chi connectivity index (χ3n) is 3.50.